The van der Waals surface area contributed by atoms with Crippen molar-refractivity contribution in [2.24, 2.45) is 5.92 Å². The smallest absolute Gasteiger partial charge is 0.227 e. The van der Waals surface area contributed by atoms with Gasteiger partial charge in [-0.05, 0) is 18.1 Å². The highest BCUT2D eigenvalue weighted by atomic mass is 16.2. The number of hydrogen-bond acceptors (Lipinski definition) is 6. The van der Waals surface area contributed by atoms with Crippen molar-refractivity contribution in [3.05, 3.63) is 54.4 Å². The third-order valence-corrected chi connectivity index (χ3v) is 5.63. The van der Waals surface area contributed by atoms with Crippen LogP contribution in [0.25, 0.3) is 0 Å². The number of nitrogens with zero attached hydrogens (tertiary/aromatic N) is 4. The number of aromatic nitrogens is 2. The Hall–Kier alpha value is -2.51. The zero-order chi connectivity index (χ0) is 19.3. The van der Waals surface area contributed by atoms with E-state index >= 15 is 0 Å². The summed E-state index contributed by atoms with van der Waals surface area (Å²) in [6.45, 7) is 5.50. The van der Waals surface area contributed by atoms with Crippen LogP contribution >= 0.6 is 0 Å². The van der Waals surface area contributed by atoms with E-state index in [1.807, 2.05) is 24.3 Å². The Bertz CT molecular complexity index is 763. The molecule has 2 N–H and O–H groups in total. The van der Waals surface area contributed by atoms with Crippen molar-refractivity contribution in [2.45, 2.75) is 32.1 Å². The average Bonchev–Trinajstić information content (AvgIpc) is 2.76. The highest BCUT2D eigenvalue weighted by Crippen LogP contribution is 2.30. The molecule has 148 valence electrons. The van der Waals surface area contributed by atoms with Gasteiger partial charge in [-0.15, -0.1) is 0 Å². The topological polar surface area (TPSA) is 73.4 Å². The molecular formula is C21H28N6O. The van der Waals surface area contributed by atoms with Crippen LogP contribution in [-0.4, -0.2) is 53.2 Å². The predicted octanol–water partition coefficient (Wildman–Crippen LogP) is 1.76. The minimum absolute atomic E-state index is 0.0374. The van der Waals surface area contributed by atoms with Crippen LogP contribution in [0.3, 0.4) is 0 Å². The molecule has 2 aliphatic heterocycles. The molecule has 0 spiro atoms. The summed E-state index contributed by atoms with van der Waals surface area (Å²) in [6, 6.07) is 12.2. The lowest BCUT2D eigenvalue weighted by Crippen LogP contribution is -2.67. The second kappa shape index (κ2) is 8.67. The van der Waals surface area contributed by atoms with Gasteiger partial charge in [-0.3, -0.25) is 15.0 Å². The summed E-state index contributed by atoms with van der Waals surface area (Å²) in [5.41, 5.74) is 1.18. The first-order valence-electron chi connectivity index (χ1n) is 10.1. The molecule has 28 heavy (non-hydrogen) atoms. The van der Waals surface area contributed by atoms with E-state index in [1.165, 1.54) is 5.56 Å². The standard InChI is InChI=1S/C21H28N6O/c1-2-7-17-18(16-8-4-3-5-9-16)24-21(25-19(17)28)27-14-12-26(13-15-27)20-22-10-6-11-23-20/h3-6,8-11,17-18,21,24H,2,7,12-15H2,1H3,(H,25,28). The van der Waals surface area contributed by atoms with Crippen LogP contribution in [0.1, 0.15) is 31.4 Å². The second-order valence-corrected chi connectivity index (χ2v) is 7.43. The van der Waals surface area contributed by atoms with E-state index in [2.05, 4.69) is 49.5 Å². The number of carbonyl (C=O) groups is 1. The average molecular weight is 380 g/mol. The third-order valence-electron chi connectivity index (χ3n) is 5.63. The van der Waals surface area contributed by atoms with Gasteiger partial charge >= 0.3 is 0 Å². The molecule has 1 aromatic carbocycles. The maximum Gasteiger partial charge on any atom is 0.227 e. The predicted molar refractivity (Wildman–Crippen MR) is 108 cm³/mol. The van der Waals surface area contributed by atoms with Crippen LogP contribution < -0.4 is 15.5 Å². The van der Waals surface area contributed by atoms with Crippen molar-refractivity contribution >= 4 is 11.9 Å². The molecule has 3 heterocycles. The highest BCUT2D eigenvalue weighted by molar-refractivity contribution is 5.80. The van der Waals surface area contributed by atoms with Gasteiger partial charge in [-0.1, -0.05) is 43.7 Å². The maximum absolute atomic E-state index is 12.9. The quantitative estimate of drug-likeness (QED) is 0.824. The number of hydrogen-bond donors (Lipinski definition) is 2. The third kappa shape index (κ3) is 4.00. The Kier molecular flexibility index (Phi) is 5.83. The Morgan fingerprint density at radius 1 is 1.04 bits per heavy atom. The van der Waals surface area contributed by atoms with Gasteiger partial charge in [0, 0.05) is 44.6 Å². The molecule has 4 rings (SSSR count). The summed E-state index contributed by atoms with van der Waals surface area (Å²) in [4.78, 5) is 26.1. The molecule has 0 saturated carbocycles. The first kappa shape index (κ1) is 18.8. The fourth-order valence-electron chi connectivity index (χ4n) is 4.15. The zero-order valence-electron chi connectivity index (χ0n) is 16.3. The summed E-state index contributed by atoms with van der Waals surface area (Å²) in [7, 11) is 0. The minimum Gasteiger partial charge on any atom is -0.338 e. The molecule has 2 fully saturated rings. The van der Waals surface area contributed by atoms with Crippen molar-refractivity contribution in [1.29, 1.82) is 0 Å². The van der Waals surface area contributed by atoms with Crippen LogP contribution in [0.5, 0.6) is 0 Å². The SMILES string of the molecule is CCCC1C(=O)NC(N2CCN(c3ncccn3)CC2)NC1c1ccccc1. The van der Waals surface area contributed by atoms with E-state index in [0.29, 0.717) is 0 Å². The van der Waals surface area contributed by atoms with Crippen LogP contribution in [0, 0.1) is 5.92 Å². The van der Waals surface area contributed by atoms with E-state index in [0.717, 1.165) is 45.0 Å². The zero-order valence-corrected chi connectivity index (χ0v) is 16.3. The van der Waals surface area contributed by atoms with E-state index in [-0.39, 0.29) is 24.2 Å². The van der Waals surface area contributed by atoms with Crippen molar-refractivity contribution in [2.75, 3.05) is 31.1 Å². The number of benzene rings is 1. The lowest BCUT2D eigenvalue weighted by molar-refractivity contribution is -0.133. The molecule has 3 atom stereocenters. The normalized spacial score (nSPS) is 26.1. The first-order valence-corrected chi connectivity index (χ1v) is 10.1. The number of piperazine rings is 1. The lowest BCUT2D eigenvalue weighted by Gasteiger charge is -2.45. The molecule has 7 heteroatoms. The second-order valence-electron chi connectivity index (χ2n) is 7.43. The van der Waals surface area contributed by atoms with Crippen LogP contribution in [0.2, 0.25) is 0 Å². The van der Waals surface area contributed by atoms with Gasteiger partial charge in [0.05, 0.1) is 5.92 Å². The van der Waals surface area contributed by atoms with Gasteiger partial charge in [-0.2, -0.15) is 0 Å². The van der Waals surface area contributed by atoms with Gasteiger partial charge in [0.15, 0.2) is 0 Å². The molecule has 2 aliphatic rings. The summed E-state index contributed by atoms with van der Waals surface area (Å²) >= 11 is 0. The fourth-order valence-corrected chi connectivity index (χ4v) is 4.15. The van der Waals surface area contributed by atoms with Gasteiger partial charge in [-0.25, -0.2) is 9.97 Å². The summed E-state index contributed by atoms with van der Waals surface area (Å²) in [5.74, 6) is 0.879. The summed E-state index contributed by atoms with van der Waals surface area (Å²) in [6.07, 6.45) is 5.27. The fraction of sp³-hybridized carbons (Fsp3) is 0.476. The van der Waals surface area contributed by atoms with Gasteiger partial charge < -0.3 is 10.2 Å². The molecule has 1 aromatic heterocycles. The molecule has 0 bridgehead atoms. The van der Waals surface area contributed by atoms with E-state index < -0.39 is 0 Å². The van der Waals surface area contributed by atoms with Gasteiger partial charge in [0.2, 0.25) is 11.9 Å². The Morgan fingerprint density at radius 2 is 1.75 bits per heavy atom. The molecule has 0 aliphatic carbocycles. The van der Waals surface area contributed by atoms with E-state index in [9.17, 15) is 4.79 Å². The molecule has 0 radical (unpaired) electrons. The molecule has 1 amide bonds. The summed E-state index contributed by atoms with van der Waals surface area (Å²) < 4.78 is 0. The molecule has 7 nitrogen and oxygen atoms in total. The van der Waals surface area contributed by atoms with E-state index in [1.54, 1.807) is 12.4 Å². The molecule has 2 aromatic rings. The Morgan fingerprint density at radius 3 is 2.43 bits per heavy atom. The lowest BCUT2D eigenvalue weighted by atomic mass is 9.87. The Balaban J connectivity index is 1.45. The van der Waals surface area contributed by atoms with Crippen LogP contribution in [0.15, 0.2) is 48.8 Å². The van der Waals surface area contributed by atoms with Gasteiger partial charge in [0.25, 0.3) is 0 Å². The van der Waals surface area contributed by atoms with Crippen molar-refractivity contribution in [3.8, 4) is 0 Å². The van der Waals surface area contributed by atoms with Crippen LogP contribution in [-0.2, 0) is 4.79 Å². The number of amides is 1. The van der Waals surface area contributed by atoms with Crippen molar-refractivity contribution in [1.82, 2.24) is 25.5 Å². The van der Waals surface area contributed by atoms with Gasteiger partial charge in [0.1, 0.15) is 6.29 Å². The van der Waals surface area contributed by atoms with Crippen LogP contribution in [0.4, 0.5) is 5.95 Å². The van der Waals surface area contributed by atoms with E-state index in [4.69, 9.17) is 0 Å². The molecular weight excluding hydrogens is 352 g/mol. The number of nitrogens with one attached hydrogen (secondary N) is 2. The molecule has 2 saturated heterocycles. The van der Waals surface area contributed by atoms with Crippen molar-refractivity contribution < 1.29 is 4.79 Å². The maximum atomic E-state index is 12.9. The number of anilines is 1. The Labute approximate surface area is 166 Å². The number of rotatable bonds is 5. The first-order chi connectivity index (χ1) is 13.8. The highest BCUT2D eigenvalue weighted by Gasteiger charge is 2.39. The summed E-state index contributed by atoms with van der Waals surface area (Å²) in [5, 5.41) is 6.91. The largest absolute Gasteiger partial charge is 0.338 e. The minimum atomic E-state index is -0.148. The monoisotopic (exact) mass is 380 g/mol. The molecule has 3 unspecified atom stereocenters. The number of carbonyl (C=O) groups excluding carboxylic acids is 1. The van der Waals surface area contributed by atoms with Crippen molar-refractivity contribution in [3.63, 3.8) is 0 Å².